The topological polar surface area (TPSA) is 57.1 Å². The smallest absolute Gasteiger partial charge is 0.363 e. The van der Waals surface area contributed by atoms with Crippen LogP contribution in [0.1, 0.15) is 31.9 Å². The number of carbonyl (C=O) groups is 1. The third-order valence-electron chi connectivity index (χ3n) is 3.65. The first-order chi connectivity index (χ1) is 13.0. The van der Waals surface area contributed by atoms with Crippen LogP contribution in [0.5, 0.6) is 11.5 Å². The van der Waals surface area contributed by atoms with Gasteiger partial charge in [0, 0.05) is 9.13 Å². The minimum absolute atomic E-state index is 0.0410. The summed E-state index contributed by atoms with van der Waals surface area (Å²) in [6.45, 7) is 6.35. The van der Waals surface area contributed by atoms with Gasteiger partial charge < -0.3 is 14.2 Å². The van der Waals surface area contributed by atoms with E-state index in [9.17, 15) is 4.79 Å². The molecule has 0 fully saturated rings. The molecular weight excluding hydrogens is 457 g/mol. The minimum atomic E-state index is -0.469. The molecule has 0 amide bonds. The number of benzene rings is 2. The molecule has 0 radical (unpaired) electrons. The van der Waals surface area contributed by atoms with E-state index >= 15 is 0 Å². The molecule has 0 unspecified atom stereocenters. The molecule has 6 heteroatoms. The van der Waals surface area contributed by atoms with Gasteiger partial charge in [-0.15, -0.1) is 0 Å². The Morgan fingerprint density at radius 1 is 1.15 bits per heavy atom. The van der Waals surface area contributed by atoms with E-state index in [0.29, 0.717) is 24.0 Å². The second-order valence-electron chi connectivity index (χ2n) is 6.15. The van der Waals surface area contributed by atoms with E-state index in [1.165, 1.54) is 0 Å². The maximum Gasteiger partial charge on any atom is 0.363 e. The van der Waals surface area contributed by atoms with Crippen molar-refractivity contribution in [2.45, 2.75) is 26.9 Å². The summed E-state index contributed by atoms with van der Waals surface area (Å²) in [5.74, 6) is 1.15. The Labute approximate surface area is 172 Å². The maximum atomic E-state index is 12.2. The fourth-order valence-corrected chi connectivity index (χ4v) is 2.88. The summed E-state index contributed by atoms with van der Waals surface area (Å²) in [6.07, 6.45) is 1.73. The van der Waals surface area contributed by atoms with Crippen molar-refractivity contribution in [2.75, 3.05) is 6.61 Å². The predicted molar refractivity (Wildman–Crippen MR) is 113 cm³/mol. The van der Waals surface area contributed by atoms with Crippen LogP contribution in [0.15, 0.2) is 53.2 Å². The first kappa shape index (κ1) is 19.4. The lowest BCUT2D eigenvalue weighted by atomic mass is 10.1. The van der Waals surface area contributed by atoms with Crippen molar-refractivity contribution in [1.82, 2.24) is 0 Å². The van der Waals surface area contributed by atoms with Crippen LogP contribution >= 0.6 is 22.6 Å². The van der Waals surface area contributed by atoms with Crippen molar-refractivity contribution in [2.24, 2.45) is 4.99 Å². The molecule has 1 aliphatic heterocycles. The van der Waals surface area contributed by atoms with E-state index in [4.69, 9.17) is 14.2 Å². The van der Waals surface area contributed by atoms with Gasteiger partial charge in [0.05, 0.1) is 12.7 Å². The van der Waals surface area contributed by atoms with Crippen LogP contribution in [0.4, 0.5) is 0 Å². The zero-order valence-electron chi connectivity index (χ0n) is 15.4. The lowest BCUT2D eigenvalue weighted by molar-refractivity contribution is -0.129. The fourth-order valence-electron chi connectivity index (χ4n) is 2.52. The van der Waals surface area contributed by atoms with Gasteiger partial charge in [-0.05, 0) is 91.4 Å². The molecule has 0 aromatic heterocycles. The Bertz CT molecular complexity index is 901. The molecule has 0 saturated heterocycles. The van der Waals surface area contributed by atoms with Crippen molar-refractivity contribution in [3.05, 3.63) is 62.9 Å². The van der Waals surface area contributed by atoms with Crippen molar-refractivity contribution in [1.29, 1.82) is 0 Å². The summed E-state index contributed by atoms with van der Waals surface area (Å²) < 4.78 is 17.8. The van der Waals surface area contributed by atoms with Gasteiger partial charge in [-0.1, -0.05) is 6.07 Å². The largest absolute Gasteiger partial charge is 0.490 e. The van der Waals surface area contributed by atoms with E-state index in [-0.39, 0.29) is 11.8 Å². The number of carbonyl (C=O) groups excluding carboxylic acids is 1. The Hall–Kier alpha value is -2.35. The lowest BCUT2D eigenvalue weighted by Crippen LogP contribution is -2.07. The number of halogens is 1. The Morgan fingerprint density at radius 3 is 2.56 bits per heavy atom. The van der Waals surface area contributed by atoms with Crippen LogP contribution < -0.4 is 9.47 Å². The number of esters is 1. The number of rotatable bonds is 6. The fraction of sp³-hybridized carbons (Fsp3) is 0.238. The van der Waals surface area contributed by atoms with Crippen LogP contribution in [0, 0.1) is 3.57 Å². The van der Waals surface area contributed by atoms with E-state index in [0.717, 1.165) is 14.7 Å². The molecule has 140 valence electrons. The predicted octanol–water partition coefficient (Wildman–Crippen LogP) is 4.82. The Kier molecular flexibility index (Phi) is 6.15. The molecule has 2 aromatic rings. The first-order valence-electron chi connectivity index (χ1n) is 8.68. The maximum absolute atomic E-state index is 12.2. The minimum Gasteiger partial charge on any atom is -0.490 e. The van der Waals surface area contributed by atoms with Crippen LogP contribution in [0.2, 0.25) is 0 Å². The number of hydrogen-bond acceptors (Lipinski definition) is 5. The Morgan fingerprint density at radius 2 is 1.89 bits per heavy atom. The molecule has 0 bridgehead atoms. The standard InChI is InChI=1S/C21H20INO4/c1-4-25-19-12-14(5-10-18(19)26-13(2)3)11-17-21(24)27-20(23-17)15-6-8-16(22)9-7-15/h5-13H,4H2,1-3H3/b17-11-. The van der Waals surface area contributed by atoms with Gasteiger partial charge in [0.2, 0.25) is 5.90 Å². The van der Waals surface area contributed by atoms with Gasteiger partial charge in [0.15, 0.2) is 17.2 Å². The number of nitrogens with zero attached hydrogens (tertiary/aromatic N) is 1. The zero-order chi connectivity index (χ0) is 19.4. The van der Waals surface area contributed by atoms with Gasteiger partial charge in [0.25, 0.3) is 0 Å². The van der Waals surface area contributed by atoms with Crippen LogP contribution in [0.25, 0.3) is 6.08 Å². The summed E-state index contributed by atoms with van der Waals surface area (Å²) in [5, 5.41) is 0. The summed E-state index contributed by atoms with van der Waals surface area (Å²) in [6, 6.07) is 13.2. The molecule has 1 aliphatic rings. The quantitative estimate of drug-likeness (QED) is 0.340. The average Bonchev–Trinajstić information content (AvgIpc) is 2.98. The summed E-state index contributed by atoms with van der Waals surface area (Å²) >= 11 is 2.22. The molecule has 3 rings (SSSR count). The van der Waals surface area contributed by atoms with Crippen molar-refractivity contribution < 1.29 is 19.0 Å². The molecule has 27 heavy (non-hydrogen) atoms. The SMILES string of the molecule is CCOc1cc(/C=C2\N=C(c3ccc(I)cc3)OC2=O)ccc1OC(C)C. The van der Waals surface area contributed by atoms with Gasteiger partial charge in [-0.25, -0.2) is 9.79 Å². The van der Waals surface area contributed by atoms with E-state index in [1.54, 1.807) is 6.08 Å². The number of aliphatic imine (C=N–C) groups is 1. The highest BCUT2D eigenvalue weighted by Crippen LogP contribution is 2.31. The van der Waals surface area contributed by atoms with Crippen molar-refractivity contribution in [3.8, 4) is 11.5 Å². The van der Waals surface area contributed by atoms with Crippen LogP contribution in [-0.4, -0.2) is 24.6 Å². The lowest BCUT2D eigenvalue weighted by Gasteiger charge is -2.14. The highest BCUT2D eigenvalue weighted by atomic mass is 127. The molecular formula is C21H20INO4. The molecule has 0 saturated carbocycles. The third-order valence-corrected chi connectivity index (χ3v) is 4.36. The van der Waals surface area contributed by atoms with E-state index in [2.05, 4.69) is 27.6 Å². The Balaban J connectivity index is 1.89. The average molecular weight is 477 g/mol. The van der Waals surface area contributed by atoms with Crippen molar-refractivity contribution >= 4 is 40.5 Å². The van der Waals surface area contributed by atoms with E-state index < -0.39 is 5.97 Å². The molecule has 5 nitrogen and oxygen atoms in total. The summed E-state index contributed by atoms with van der Waals surface area (Å²) in [5.41, 5.74) is 1.81. The zero-order valence-corrected chi connectivity index (χ0v) is 17.5. The van der Waals surface area contributed by atoms with Gasteiger partial charge >= 0.3 is 5.97 Å². The highest BCUT2D eigenvalue weighted by molar-refractivity contribution is 14.1. The summed E-state index contributed by atoms with van der Waals surface area (Å²) in [4.78, 5) is 16.5. The molecule has 1 heterocycles. The molecule has 0 N–H and O–H groups in total. The number of cyclic esters (lactones) is 1. The van der Waals surface area contributed by atoms with Gasteiger partial charge in [-0.2, -0.15) is 0 Å². The van der Waals surface area contributed by atoms with Gasteiger partial charge in [-0.3, -0.25) is 0 Å². The third kappa shape index (κ3) is 4.88. The number of hydrogen-bond donors (Lipinski definition) is 0. The molecule has 2 aromatic carbocycles. The van der Waals surface area contributed by atoms with Gasteiger partial charge in [0.1, 0.15) is 0 Å². The first-order valence-corrected chi connectivity index (χ1v) is 9.76. The van der Waals surface area contributed by atoms with Crippen LogP contribution in [-0.2, 0) is 9.53 Å². The summed E-state index contributed by atoms with van der Waals surface area (Å²) in [7, 11) is 0. The normalized spacial score (nSPS) is 15.1. The van der Waals surface area contributed by atoms with Crippen LogP contribution in [0.3, 0.4) is 0 Å². The molecule has 0 spiro atoms. The monoisotopic (exact) mass is 477 g/mol. The second kappa shape index (κ2) is 8.56. The molecule has 0 aliphatic carbocycles. The second-order valence-corrected chi connectivity index (χ2v) is 7.39. The number of ether oxygens (including phenoxy) is 3. The van der Waals surface area contributed by atoms with Crippen molar-refractivity contribution in [3.63, 3.8) is 0 Å². The van der Waals surface area contributed by atoms with E-state index in [1.807, 2.05) is 63.2 Å². The highest BCUT2D eigenvalue weighted by Gasteiger charge is 2.24. The molecule has 0 atom stereocenters.